The quantitative estimate of drug-likeness (QED) is 0.891. The maximum Gasteiger partial charge on any atom is 0.417 e. The molecule has 1 aromatic carbocycles. The molecule has 7 heteroatoms. The molecule has 3 heterocycles. The van der Waals surface area contributed by atoms with Crippen LogP contribution in [0.3, 0.4) is 0 Å². The van der Waals surface area contributed by atoms with E-state index in [0.717, 1.165) is 31.9 Å². The second-order valence-electron chi connectivity index (χ2n) is 6.84. The molecule has 0 saturated carbocycles. The van der Waals surface area contributed by atoms with Crippen molar-refractivity contribution < 1.29 is 13.2 Å². The van der Waals surface area contributed by atoms with Crippen molar-refractivity contribution in [2.24, 2.45) is 0 Å². The first-order valence-corrected chi connectivity index (χ1v) is 8.60. The lowest BCUT2D eigenvalue weighted by atomic mass is 9.93. The predicted octanol–water partition coefficient (Wildman–Crippen LogP) is 3.56. The number of fused-ring (bicyclic) bond motifs is 3. The number of aromatic nitrogens is 1. The molecule has 2 aromatic rings. The molecule has 0 radical (unpaired) electrons. The first-order chi connectivity index (χ1) is 12.4. The van der Waals surface area contributed by atoms with E-state index in [4.69, 9.17) is 5.41 Å². The number of halogens is 3. The van der Waals surface area contributed by atoms with E-state index in [9.17, 15) is 13.2 Å². The Morgan fingerprint density at radius 2 is 1.92 bits per heavy atom. The fraction of sp³-hybridized carbons (Fsp3) is 0.368. The molecule has 2 aliphatic heterocycles. The number of hydrogen-bond acceptors (Lipinski definition) is 4. The Morgan fingerprint density at radius 3 is 2.65 bits per heavy atom. The van der Waals surface area contributed by atoms with Crippen LogP contribution in [0.25, 0.3) is 0 Å². The second kappa shape index (κ2) is 6.39. The van der Waals surface area contributed by atoms with Gasteiger partial charge >= 0.3 is 6.18 Å². The minimum atomic E-state index is -4.44. The van der Waals surface area contributed by atoms with Gasteiger partial charge < -0.3 is 10.3 Å². The lowest BCUT2D eigenvalue weighted by molar-refractivity contribution is -0.137. The fourth-order valence-electron chi connectivity index (χ4n) is 3.77. The van der Waals surface area contributed by atoms with Gasteiger partial charge in [0.1, 0.15) is 5.82 Å². The van der Waals surface area contributed by atoms with Crippen LogP contribution in [-0.4, -0.2) is 41.3 Å². The Kier molecular flexibility index (Phi) is 4.19. The number of rotatable bonds is 2. The molecule has 0 spiro atoms. The summed E-state index contributed by atoms with van der Waals surface area (Å²) in [7, 11) is 0. The average Bonchev–Trinajstić information content (AvgIpc) is 2.61. The summed E-state index contributed by atoms with van der Waals surface area (Å²) in [4.78, 5) is 8.47. The van der Waals surface area contributed by atoms with Gasteiger partial charge in [-0.1, -0.05) is 30.3 Å². The van der Waals surface area contributed by atoms with E-state index in [1.165, 1.54) is 5.56 Å². The second-order valence-corrected chi connectivity index (χ2v) is 6.84. The van der Waals surface area contributed by atoms with E-state index in [1.807, 2.05) is 18.2 Å². The monoisotopic (exact) mass is 360 g/mol. The molecule has 1 unspecified atom stereocenters. The molecule has 4 nitrogen and oxygen atoms in total. The van der Waals surface area contributed by atoms with E-state index >= 15 is 0 Å². The maximum atomic E-state index is 12.9. The van der Waals surface area contributed by atoms with Crippen LogP contribution in [0.2, 0.25) is 0 Å². The summed E-state index contributed by atoms with van der Waals surface area (Å²) in [5, 5.41) is 8.23. The van der Waals surface area contributed by atoms with Crippen molar-refractivity contribution in [3.63, 3.8) is 0 Å². The summed E-state index contributed by atoms with van der Waals surface area (Å²) >= 11 is 0. The lowest BCUT2D eigenvalue weighted by Crippen LogP contribution is -2.56. The molecule has 1 N–H and O–H groups in total. The van der Waals surface area contributed by atoms with Crippen molar-refractivity contribution >= 4 is 11.5 Å². The van der Waals surface area contributed by atoms with E-state index in [1.54, 1.807) is 0 Å². The molecule has 136 valence electrons. The van der Waals surface area contributed by atoms with Gasteiger partial charge in [-0.3, -0.25) is 4.90 Å². The van der Waals surface area contributed by atoms with Crippen LogP contribution in [-0.2, 0) is 12.7 Å². The number of nitrogens with one attached hydrogen (secondary N) is 1. The SMILES string of the molecule is N=C1CC2CN(Cc3ccccc3)CCN2c2ncc(C(F)(F)F)cc21. The molecular formula is C19H19F3N4. The summed E-state index contributed by atoms with van der Waals surface area (Å²) in [5.41, 5.74) is 0.997. The number of hydrogen-bond donors (Lipinski definition) is 1. The Labute approximate surface area is 149 Å². The van der Waals surface area contributed by atoms with Gasteiger partial charge in [-0.15, -0.1) is 0 Å². The highest BCUT2D eigenvalue weighted by Gasteiger charge is 2.38. The first-order valence-electron chi connectivity index (χ1n) is 8.60. The molecule has 0 bridgehead atoms. The largest absolute Gasteiger partial charge is 0.417 e. The van der Waals surface area contributed by atoms with Gasteiger partial charge in [-0.25, -0.2) is 4.98 Å². The number of pyridine rings is 1. The predicted molar refractivity (Wildman–Crippen MR) is 93.5 cm³/mol. The van der Waals surface area contributed by atoms with Crippen molar-refractivity contribution in [3.8, 4) is 0 Å². The standard InChI is InChI=1S/C19H19F3N4/c20-19(21,22)14-8-16-17(23)9-15-12-25(11-13-4-2-1-3-5-13)6-7-26(15)18(16)24-10-14/h1-5,8,10,15,23H,6-7,9,11-12H2. The van der Waals surface area contributed by atoms with Crippen molar-refractivity contribution in [1.29, 1.82) is 5.41 Å². The third-order valence-electron chi connectivity index (χ3n) is 5.05. The van der Waals surface area contributed by atoms with Crippen LogP contribution >= 0.6 is 0 Å². The van der Waals surface area contributed by atoms with Gasteiger partial charge in [0.15, 0.2) is 0 Å². The molecule has 1 aromatic heterocycles. The van der Waals surface area contributed by atoms with Crippen molar-refractivity contribution in [2.75, 3.05) is 24.5 Å². The Balaban J connectivity index is 1.54. The van der Waals surface area contributed by atoms with Crippen LogP contribution in [0, 0.1) is 5.41 Å². The smallest absolute Gasteiger partial charge is 0.350 e. The van der Waals surface area contributed by atoms with Gasteiger partial charge in [-0.05, 0) is 11.6 Å². The van der Waals surface area contributed by atoms with E-state index in [0.29, 0.717) is 24.3 Å². The van der Waals surface area contributed by atoms with Crippen LogP contribution < -0.4 is 4.90 Å². The summed E-state index contributed by atoms with van der Waals surface area (Å²) in [6.07, 6.45) is -3.11. The third-order valence-corrected chi connectivity index (χ3v) is 5.05. The molecule has 0 amide bonds. The lowest BCUT2D eigenvalue weighted by Gasteiger charge is -2.45. The fourth-order valence-corrected chi connectivity index (χ4v) is 3.77. The third kappa shape index (κ3) is 3.19. The highest BCUT2D eigenvalue weighted by molar-refractivity contribution is 6.04. The van der Waals surface area contributed by atoms with Crippen LogP contribution in [0.5, 0.6) is 0 Å². The number of benzene rings is 1. The van der Waals surface area contributed by atoms with Gasteiger partial charge in [0.2, 0.25) is 0 Å². The van der Waals surface area contributed by atoms with Crippen LogP contribution in [0.1, 0.15) is 23.1 Å². The van der Waals surface area contributed by atoms with Crippen molar-refractivity contribution in [3.05, 3.63) is 59.3 Å². The normalized spacial score (nSPS) is 20.7. The molecule has 1 fully saturated rings. The first kappa shape index (κ1) is 17.0. The molecule has 1 atom stereocenters. The maximum absolute atomic E-state index is 12.9. The molecule has 4 rings (SSSR count). The van der Waals surface area contributed by atoms with Gasteiger partial charge in [0.25, 0.3) is 0 Å². The minimum absolute atomic E-state index is 0.0803. The zero-order valence-corrected chi connectivity index (χ0v) is 14.1. The Bertz CT molecular complexity index is 819. The highest BCUT2D eigenvalue weighted by Crippen LogP contribution is 2.36. The molecule has 26 heavy (non-hydrogen) atoms. The average molecular weight is 360 g/mol. The molecule has 2 aliphatic rings. The highest BCUT2D eigenvalue weighted by atomic mass is 19.4. The van der Waals surface area contributed by atoms with Crippen LogP contribution in [0.15, 0.2) is 42.6 Å². The van der Waals surface area contributed by atoms with E-state index in [2.05, 4.69) is 26.9 Å². The summed E-state index contributed by atoms with van der Waals surface area (Å²) in [6, 6.07) is 11.3. The molecular weight excluding hydrogens is 341 g/mol. The summed E-state index contributed by atoms with van der Waals surface area (Å²) in [5.74, 6) is 0.513. The minimum Gasteiger partial charge on any atom is -0.350 e. The topological polar surface area (TPSA) is 43.2 Å². The number of anilines is 1. The zero-order chi connectivity index (χ0) is 18.3. The molecule has 0 aliphatic carbocycles. The van der Waals surface area contributed by atoms with Crippen molar-refractivity contribution in [1.82, 2.24) is 9.88 Å². The number of alkyl halides is 3. The van der Waals surface area contributed by atoms with Gasteiger partial charge in [0, 0.05) is 56.1 Å². The van der Waals surface area contributed by atoms with Gasteiger partial charge in [-0.2, -0.15) is 13.2 Å². The van der Waals surface area contributed by atoms with E-state index in [-0.39, 0.29) is 11.8 Å². The van der Waals surface area contributed by atoms with Crippen molar-refractivity contribution in [2.45, 2.75) is 25.2 Å². The zero-order valence-electron chi connectivity index (χ0n) is 14.1. The number of nitrogens with zero attached hydrogens (tertiary/aromatic N) is 3. The number of piperazine rings is 1. The van der Waals surface area contributed by atoms with Gasteiger partial charge in [0.05, 0.1) is 5.56 Å². The van der Waals surface area contributed by atoms with Crippen LogP contribution in [0.4, 0.5) is 19.0 Å². The summed E-state index contributed by atoms with van der Waals surface area (Å²) < 4.78 is 38.8. The Hall–Kier alpha value is -2.41. The summed E-state index contributed by atoms with van der Waals surface area (Å²) in [6.45, 7) is 3.14. The Morgan fingerprint density at radius 1 is 1.15 bits per heavy atom. The van der Waals surface area contributed by atoms with E-state index < -0.39 is 11.7 Å². The molecule has 1 saturated heterocycles.